The standard InChI is InChI=1S/C25H31ClN4O2S/c26-18-6-4-16(5-7-18)17-13-19-8-9-20(14-17)30(19)24-27-21-3-1-12-33(32)22(21)23(28-24)29-25(15-31)10-2-11-25/h4-7,17,19-20,31H,1-3,8-15H2,(H,27,28,29)/t17?,19?,20?,33-/m0/s1. The fourth-order valence-corrected chi connectivity index (χ4v) is 7.71. The quantitative estimate of drug-likeness (QED) is 0.651. The van der Waals surface area contributed by atoms with E-state index < -0.39 is 10.8 Å². The van der Waals surface area contributed by atoms with Gasteiger partial charge in [-0.3, -0.25) is 4.21 Å². The average molecular weight is 487 g/mol. The summed E-state index contributed by atoms with van der Waals surface area (Å²) in [5.74, 6) is 2.67. The molecule has 2 saturated heterocycles. The van der Waals surface area contributed by atoms with Crippen LogP contribution in [0, 0.1) is 0 Å². The van der Waals surface area contributed by atoms with E-state index in [1.54, 1.807) is 0 Å². The molecule has 6 nitrogen and oxygen atoms in total. The zero-order valence-electron chi connectivity index (χ0n) is 18.8. The largest absolute Gasteiger partial charge is 0.394 e. The molecule has 6 rings (SSSR count). The number of aliphatic hydroxyl groups excluding tert-OH is 1. The lowest BCUT2D eigenvalue weighted by Crippen LogP contribution is -2.49. The zero-order valence-corrected chi connectivity index (χ0v) is 20.4. The Bertz CT molecular complexity index is 1060. The minimum atomic E-state index is -1.09. The summed E-state index contributed by atoms with van der Waals surface area (Å²) in [4.78, 5) is 13.2. The van der Waals surface area contributed by atoms with Gasteiger partial charge in [0.25, 0.3) is 0 Å². The number of aliphatic hydroxyl groups is 1. The van der Waals surface area contributed by atoms with E-state index in [0.717, 1.165) is 79.3 Å². The summed E-state index contributed by atoms with van der Waals surface area (Å²) in [6, 6.07) is 9.16. The van der Waals surface area contributed by atoms with Crippen LogP contribution in [-0.2, 0) is 17.2 Å². The molecular formula is C25H31ClN4O2S. The molecule has 3 fully saturated rings. The maximum atomic E-state index is 12.9. The van der Waals surface area contributed by atoms with E-state index in [1.807, 2.05) is 12.1 Å². The fourth-order valence-electron chi connectivity index (χ4n) is 6.25. The molecule has 1 saturated carbocycles. The second-order valence-electron chi connectivity index (χ2n) is 10.2. The highest BCUT2D eigenvalue weighted by Crippen LogP contribution is 2.46. The molecule has 33 heavy (non-hydrogen) atoms. The molecule has 3 atom stereocenters. The van der Waals surface area contributed by atoms with Crippen LogP contribution in [0.5, 0.6) is 0 Å². The molecule has 3 aliphatic heterocycles. The molecule has 0 radical (unpaired) electrons. The highest BCUT2D eigenvalue weighted by atomic mass is 35.5. The van der Waals surface area contributed by atoms with Crippen LogP contribution in [0.3, 0.4) is 0 Å². The number of piperidine rings is 1. The van der Waals surface area contributed by atoms with Crippen molar-refractivity contribution in [3.63, 3.8) is 0 Å². The van der Waals surface area contributed by atoms with Crippen molar-refractivity contribution in [2.24, 2.45) is 0 Å². The third-order valence-electron chi connectivity index (χ3n) is 8.20. The van der Waals surface area contributed by atoms with Gasteiger partial charge in [-0.15, -0.1) is 0 Å². The first-order valence-electron chi connectivity index (χ1n) is 12.3. The number of rotatable bonds is 5. The number of hydrogen-bond acceptors (Lipinski definition) is 6. The molecule has 4 heterocycles. The maximum Gasteiger partial charge on any atom is 0.228 e. The molecule has 8 heteroatoms. The minimum absolute atomic E-state index is 0.0749. The van der Waals surface area contributed by atoms with Crippen molar-refractivity contribution in [2.75, 3.05) is 22.6 Å². The van der Waals surface area contributed by atoms with Crippen LogP contribution in [0.1, 0.15) is 68.5 Å². The fraction of sp³-hybridized carbons (Fsp3) is 0.600. The van der Waals surface area contributed by atoms with Crippen molar-refractivity contribution in [1.29, 1.82) is 0 Å². The lowest BCUT2D eigenvalue weighted by Gasteiger charge is -2.43. The van der Waals surface area contributed by atoms with E-state index in [1.165, 1.54) is 5.56 Å². The normalized spacial score (nSPS) is 29.9. The van der Waals surface area contributed by atoms with Gasteiger partial charge in [0.15, 0.2) is 0 Å². The molecule has 176 valence electrons. The number of hydrogen-bond donors (Lipinski definition) is 2. The van der Waals surface area contributed by atoms with Crippen LogP contribution < -0.4 is 10.2 Å². The number of halogens is 1. The van der Waals surface area contributed by atoms with E-state index in [4.69, 9.17) is 21.6 Å². The summed E-state index contributed by atoms with van der Waals surface area (Å²) in [6.45, 7) is 0.0749. The lowest BCUT2D eigenvalue weighted by atomic mass is 9.77. The summed E-state index contributed by atoms with van der Waals surface area (Å²) in [5.41, 5.74) is 1.97. The first-order valence-corrected chi connectivity index (χ1v) is 14.0. The second-order valence-corrected chi connectivity index (χ2v) is 12.2. The monoisotopic (exact) mass is 486 g/mol. The Balaban J connectivity index is 1.33. The second kappa shape index (κ2) is 8.51. The smallest absolute Gasteiger partial charge is 0.228 e. The molecule has 1 aromatic carbocycles. The summed E-state index contributed by atoms with van der Waals surface area (Å²) < 4.78 is 12.9. The van der Waals surface area contributed by atoms with Crippen LogP contribution in [0.15, 0.2) is 29.2 Å². The Morgan fingerprint density at radius 3 is 2.48 bits per heavy atom. The third-order valence-corrected chi connectivity index (χ3v) is 9.99. The number of aryl methyl sites for hydroxylation is 1. The van der Waals surface area contributed by atoms with Gasteiger partial charge in [-0.05, 0) is 81.4 Å². The predicted octanol–water partition coefficient (Wildman–Crippen LogP) is 4.43. The van der Waals surface area contributed by atoms with Crippen LogP contribution >= 0.6 is 11.6 Å². The van der Waals surface area contributed by atoms with Crippen LogP contribution in [0.4, 0.5) is 11.8 Å². The van der Waals surface area contributed by atoms with Gasteiger partial charge in [0.1, 0.15) is 10.7 Å². The first-order chi connectivity index (χ1) is 16.0. The SMILES string of the molecule is O=[S@]1CCCc2nc(N3C4CCC3CC(c3ccc(Cl)cc3)C4)nc(NC3(CO)CCC3)c21. The van der Waals surface area contributed by atoms with E-state index in [9.17, 15) is 9.32 Å². The highest BCUT2D eigenvalue weighted by molar-refractivity contribution is 7.85. The summed E-state index contributed by atoms with van der Waals surface area (Å²) >= 11 is 6.11. The van der Waals surface area contributed by atoms with Crippen LogP contribution in [0.2, 0.25) is 5.02 Å². The van der Waals surface area contributed by atoms with E-state index in [0.29, 0.717) is 29.6 Å². The van der Waals surface area contributed by atoms with Gasteiger partial charge >= 0.3 is 0 Å². The summed E-state index contributed by atoms with van der Waals surface area (Å²) in [7, 11) is -1.09. The van der Waals surface area contributed by atoms with E-state index >= 15 is 0 Å². The van der Waals surface area contributed by atoms with Crippen molar-refractivity contribution in [2.45, 2.75) is 86.2 Å². The van der Waals surface area contributed by atoms with Crippen LogP contribution in [-0.4, -0.2) is 49.3 Å². The number of fused-ring (bicyclic) bond motifs is 3. The van der Waals surface area contributed by atoms with Crippen molar-refractivity contribution >= 4 is 34.2 Å². The lowest BCUT2D eigenvalue weighted by molar-refractivity contribution is 0.143. The van der Waals surface area contributed by atoms with Crippen molar-refractivity contribution in [1.82, 2.24) is 9.97 Å². The molecule has 1 aromatic heterocycles. The van der Waals surface area contributed by atoms with Crippen LogP contribution in [0.25, 0.3) is 0 Å². The molecule has 2 N–H and O–H groups in total. The number of nitrogens with one attached hydrogen (secondary N) is 1. The van der Waals surface area contributed by atoms with Gasteiger partial charge in [-0.1, -0.05) is 23.7 Å². The topological polar surface area (TPSA) is 78.4 Å². The Morgan fingerprint density at radius 2 is 1.85 bits per heavy atom. The first kappa shape index (κ1) is 21.8. The minimum Gasteiger partial charge on any atom is -0.394 e. The number of nitrogens with zero attached hydrogens (tertiary/aromatic N) is 3. The number of benzene rings is 1. The molecule has 2 unspecified atom stereocenters. The Labute approximate surface area is 202 Å². The molecule has 4 aliphatic rings. The number of aromatic nitrogens is 2. The molecule has 0 spiro atoms. The van der Waals surface area contributed by atoms with Gasteiger partial charge < -0.3 is 15.3 Å². The van der Waals surface area contributed by atoms with Crippen molar-refractivity contribution in [3.8, 4) is 0 Å². The van der Waals surface area contributed by atoms with Crippen molar-refractivity contribution in [3.05, 3.63) is 40.5 Å². The maximum absolute atomic E-state index is 12.9. The van der Waals surface area contributed by atoms with Crippen molar-refractivity contribution < 1.29 is 9.32 Å². The predicted molar refractivity (Wildman–Crippen MR) is 132 cm³/mol. The van der Waals surface area contributed by atoms with E-state index in [-0.39, 0.29) is 12.1 Å². The summed E-state index contributed by atoms with van der Waals surface area (Å²) in [5, 5.41) is 14.4. The number of anilines is 2. The van der Waals surface area contributed by atoms with Gasteiger partial charge in [0.2, 0.25) is 5.95 Å². The third kappa shape index (κ3) is 3.86. The molecule has 2 bridgehead atoms. The van der Waals surface area contributed by atoms with Gasteiger partial charge in [-0.2, -0.15) is 4.98 Å². The molecule has 1 aliphatic carbocycles. The molecule has 0 amide bonds. The average Bonchev–Trinajstić information content (AvgIpc) is 3.06. The molecule has 2 aromatic rings. The van der Waals surface area contributed by atoms with Gasteiger partial charge in [0.05, 0.1) is 28.6 Å². The highest BCUT2D eigenvalue weighted by Gasteiger charge is 2.44. The Morgan fingerprint density at radius 1 is 1.12 bits per heavy atom. The van der Waals surface area contributed by atoms with E-state index in [2.05, 4.69) is 22.3 Å². The Kier molecular flexibility index (Phi) is 5.62. The van der Waals surface area contributed by atoms with Gasteiger partial charge in [0, 0.05) is 22.9 Å². The summed E-state index contributed by atoms with van der Waals surface area (Å²) in [6.07, 6.45) is 9.17. The zero-order chi connectivity index (χ0) is 22.6. The molecular weight excluding hydrogens is 456 g/mol. The Hall–Kier alpha value is -1.70. The van der Waals surface area contributed by atoms with Gasteiger partial charge in [-0.25, -0.2) is 4.98 Å².